The van der Waals surface area contributed by atoms with E-state index in [1.807, 2.05) is 48.9 Å². The molecular formula is C16H23N3O2. The quantitative estimate of drug-likeness (QED) is 0.812. The Morgan fingerprint density at radius 2 is 1.76 bits per heavy atom. The van der Waals surface area contributed by atoms with Crippen molar-refractivity contribution in [1.29, 1.82) is 0 Å². The average molecular weight is 289 g/mol. The summed E-state index contributed by atoms with van der Waals surface area (Å²) >= 11 is 0. The molecule has 2 aromatic rings. The summed E-state index contributed by atoms with van der Waals surface area (Å²) in [5.41, 5.74) is 0.470. The second-order valence-electron chi connectivity index (χ2n) is 5.87. The predicted octanol–water partition coefficient (Wildman–Crippen LogP) is 1.62. The van der Waals surface area contributed by atoms with E-state index >= 15 is 0 Å². The summed E-state index contributed by atoms with van der Waals surface area (Å²) in [5, 5.41) is 23.9. The molecule has 0 unspecified atom stereocenters. The second-order valence-corrected chi connectivity index (χ2v) is 5.87. The van der Waals surface area contributed by atoms with Gasteiger partial charge in [-0.25, -0.2) is 9.67 Å². The van der Waals surface area contributed by atoms with Crippen LogP contribution in [0.15, 0.2) is 36.7 Å². The molecular weight excluding hydrogens is 266 g/mol. The lowest BCUT2D eigenvalue weighted by Gasteiger charge is -2.30. The summed E-state index contributed by atoms with van der Waals surface area (Å²) in [6, 6.07) is 10.1. The normalized spacial score (nSPS) is 12.0. The number of hydrogen-bond donors (Lipinski definition) is 2. The van der Waals surface area contributed by atoms with E-state index in [0.717, 1.165) is 11.4 Å². The van der Waals surface area contributed by atoms with Crippen molar-refractivity contribution in [1.82, 2.24) is 14.8 Å². The number of aromatic nitrogens is 3. The number of hydrogen-bond acceptors (Lipinski definition) is 4. The fraction of sp³-hybridized carbons (Fsp3) is 0.500. The van der Waals surface area contributed by atoms with Crippen LogP contribution < -0.4 is 0 Å². The maximum atomic E-state index is 9.85. The number of aliphatic hydroxyl groups excluding tert-OH is 2. The number of nitrogens with zero attached hydrogens (tertiary/aromatic N) is 3. The van der Waals surface area contributed by atoms with Gasteiger partial charge in [0.05, 0.1) is 13.2 Å². The van der Waals surface area contributed by atoms with Gasteiger partial charge in [-0.15, -0.1) is 0 Å². The molecule has 2 rings (SSSR count). The summed E-state index contributed by atoms with van der Waals surface area (Å²) in [7, 11) is 0. The third-order valence-corrected chi connectivity index (χ3v) is 3.76. The Morgan fingerprint density at radius 1 is 1.10 bits per heavy atom. The Balaban J connectivity index is 2.23. The minimum absolute atomic E-state index is 0.0939. The van der Waals surface area contributed by atoms with Crippen LogP contribution in [0.3, 0.4) is 0 Å². The van der Waals surface area contributed by atoms with Crippen molar-refractivity contribution in [3.8, 4) is 0 Å². The lowest BCUT2D eigenvalue weighted by molar-refractivity contribution is 0.0519. The van der Waals surface area contributed by atoms with Gasteiger partial charge >= 0.3 is 0 Å². The predicted molar refractivity (Wildman–Crippen MR) is 80.9 cm³/mol. The SMILES string of the molecule is CC(C)n1ncnc1CC(CO)(CO)Cc1ccccc1. The number of rotatable bonds is 7. The molecule has 0 atom stereocenters. The van der Waals surface area contributed by atoms with Crippen LogP contribution in [0.5, 0.6) is 0 Å². The average Bonchev–Trinajstić information content (AvgIpc) is 2.95. The van der Waals surface area contributed by atoms with Crippen LogP contribution in [0.2, 0.25) is 0 Å². The molecule has 0 bridgehead atoms. The van der Waals surface area contributed by atoms with Crippen molar-refractivity contribution < 1.29 is 10.2 Å². The standard InChI is InChI=1S/C16H23N3O2/c1-13(2)19-15(17-12-18-19)9-16(10-20,11-21)8-14-6-4-3-5-7-14/h3-7,12-13,20-21H,8-11H2,1-2H3. The van der Waals surface area contributed by atoms with Crippen molar-refractivity contribution in [3.63, 3.8) is 0 Å². The Kier molecular flexibility index (Phi) is 5.09. The van der Waals surface area contributed by atoms with E-state index < -0.39 is 5.41 Å². The molecule has 0 aliphatic rings. The molecule has 0 saturated carbocycles. The Hall–Kier alpha value is -1.72. The molecule has 0 saturated heterocycles. The van der Waals surface area contributed by atoms with Gasteiger partial charge in [-0.2, -0.15) is 5.10 Å². The highest BCUT2D eigenvalue weighted by atomic mass is 16.3. The zero-order valence-corrected chi connectivity index (χ0v) is 12.6. The van der Waals surface area contributed by atoms with Crippen molar-refractivity contribution in [3.05, 3.63) is 48.0 Å². The van der Waals surface area contributed by atoms with Gasteiger partial charge in [0.1, 0.15) is 12.2 Å². The molecule has 1 aromatic carbocycles. The van der Waals surface area contributed by atoms with Crippen molar-refractivity contribution in [2.45, 2.75) is 32.7 Å². The van der Waals surface area contributed by atoms with E-state index in [9.17, 15) is 10.2 Å². The molecule has 0 aliphatic heterocycles. The summed E-state index contributed by atoms with van der Waals surface area (Å²) in [6.45, 7) is 3.89. The minimum Gasteiger partial charge on any atom is -0.396 e. The first-order valence-electron chi connectivity index (χ1n) is 7.24. The van der Waals surface area contributed by atoms with Gasteiger partial charge in [0.2, 0.25) is 0 Å². The van der Waals surface area contributed by atoms with E-state index in [1.54, 1.807) is 0 Å². The fourth-order valence-corrected chi connectivity index (χ4v) is 2.53. The molecule has 0 aliphatic carbocycles. The smallest absolute Gasteiger partial charge is 0.138 e. The number of aliphatic hydroxyl groups is 2. The van der Waals surface area contributed by atoms with E-state index in [-0.39, 0.29) is 19.3 Å². The van der Waals surface area contributed by atoms with Crippen LogP contribution in [0.4, 0.5) is 0 Å². The monoisotopic (exact) mass is 289 g/mol. The van der Waals surface area contributed by atoms with E-state index in [4.69, 9.17) is 0 Å². The Bertz CT molecular complexity index is 548. The van der Waals surface area contributed by atoms with E-state index in [1.165, 1.54) is 6.33 Å². The van der Waals surface area contributed by atoms with Crippen LogP contribution in [0.25, 0.3) is 0 Å². The van der Waals surface area contributed by atoms with Crippen LogP contribution in [-0.4, -0.2) is 38.2 Å². The highest BCUT2D eigenvalue weighted by Gasteiger charge is 2.31. The Labute approximate surface area is 125 Å². The first kappa shape index (κ1) is 15.7. The summed E-state index contributed by atoms with van der Waals surface area (Å²) < 4.78 is 1.84. The highest BCUT2D eigenvalue weighted by molar-refractivity contribution is 5.17. The molecule has 0 spiro atoms. The molecule has 2 N–H and O–H groups in total. The van der Waals surface area contributed by atoms with Gasteiger partial charge in [-0.3, -0.25) is 0 Å². The van der Waals surface area contributed by atoms with Crippen LogP contribution in [0, 0.1) is 5.41 Å². The molecule has 1 aromatic heterocycles. The second kappa shape index (κ2) is 6.83. The van der Waals surface area contributed by atoms with Crippen LogP contribution >= 0.6 is 0 Å². The fourth-order valence-electron chi connectivity index (χ4n) is 2.53. The molecule has 0 fully saturated rings. The molecule has 21 heavy (non-hydrogen) atoms. The van der Waals surface area contributed by atoms with Crippen LogP contribution in [-0.2, 0) is 12.8 Å². The van der Waals surface area contributed by atoms with Crippen molar-refractivity contribution >= 4 is 0 Å². The first-order chi connectivity index (χ1) is 10.1. The zero-order chi connectivity index (χ0) is 15.3. The molecule has 1 heterocycles. The summed E-state index contributed by atoms with van der Waals surface area (Å²) in [4.78, 5) is 4.29. The molecule has 0 amide bonds. The lowest BCUT2D eigenvalue weighted by atomic mass is 9.79. The molecule has 5 heteroatoms. The molecule has 0 radical (unpaired) electrons. The summed E-state index contributed by atoms with van der Waals surface area (Å²) in [5.74, 6) is 0.795. The van der Waals surface area contributed by atoms with Gasteiger partial charge in [-0.05, 0) is 25.8 Å². The molecule has 114 valence electrons. The third-order valence-electron chi connectivity index (χ3n) is 3.76. The van der Waals surface area contributed by atoms with Crippen LogP contribution in [0.1, 0.15) is 31.3 Å². The van der Waals surface area contributed by atoms with Gasteiger partial charge in [0.25, 0.3) is 0 Å². The largest absolute Gasteiger partial charge is 0.396 e. The third kappa shape index (κ3) is 3.68. The van der Waals surface area contributed by atoms with Gasteiger partial charge in [0, 0.05) is 17.9 Å². The van der Waals surface area contributed by atoms with E-state index in [0.29, 0.717) is 12.8 Å². The maximum absolute atomic E-state index is 9.85. The van der Waals surface area contributed by atoms with Gasteiger partial charge < -0.3 is 10.2 Å². The van der Waals surface area contributed by atoms with Crippen molar-refractivity contribution in [2.75, 3.05) is 13.2 Å². The lowest BCUT2D eigenvalue weighted by Crippen LogP contribution is -2.36. The first-order valence-corrected chi connectivity index (χ1v) is 7.24. The Morgan fingerprint density at radius 3 is 2.33 bits per heavy atom. The van der Waals surface area contributed by atoms with E-state index in [2.05, 4.69) is 10.1 Å². The zero-order valence-electron chi connectivity index (χ0n) is 12.6. The topological polar surface area (TPSA) is 71.2 Å². The minimum atomic E-state index is -0.624. The van der Waals surface area contributed by atoms with Crippen molar-refractivity contribution in [2.24, 2.45) is 5.41 Å². The number of benzene rings is 1. The van der Waals surface area contributed by atoms with Gasteiger partial charge in [0.15, 0.2) is 0 Å². The maximum Gasteiger partial charge on any atom is 0.138 e. The van der Waals surface area contributed by atoms with Gasteiger partial charge in [-0.1, -0.05) is 30.3 Å². The molecule has 5 nitrogen and oxygen atoms in total. The summed E-state index contributed by atoms with van der Waals surface area (Å²) in [6.07, 6.45) is 2.62. The highest BCUT2D eigenvalue weighted by Crippen LogP contribution is 2.27.